The van der Waals surface area contributed by atoms with Crippen molar-refractivity contribution in [2.45, 2.75) is 153 Å². The Labute approximate surface area is 270 Å². The van der Waals surface area contributed by atoms with Crippen LogP contribution in [0, 0.1) is 10.1 Å². The normalized spacial score (nSPS) is 21.8. The quantitative estimate of drug-likeness (QED) is 0.300. The Morgan fingerprint density at radius 3 is 1.50 bits per heavy atom. The first-order valence-electron chi connectivity index (χ1n) is 17.7. The van der Waals surface area contributed by atoms with Gasteiger partial charge in [-0.2, -0.15) is 0 Å². The Hall–Kier alpha value is -2.03. The maximum absolute atomic E-state index is 14.3. The van der Waals surface area contributed by atoms with E-state index >= 15 is 0 Å². The van der Waals surface area contributed by atoms with Gasteiger partial charge in [0, 0.05) is 42.8 Å². The molecule has 0 spiro atoms. The molecular formula is C35H55ClN4O4. The van der Waals surface area contributed by atoms with Crippen molar-refractivity contribution in [3.05, 3.63) is 39.9 Å². The van der Waals surface area contributed by atoms with Gasteiger partial charge in [-0.1, -0.05) is 77.0 Å². The molecule has 1 unspecified atom stereocenters. The molecule has 0 aliphatic heterocycles. The van der Waals surface area contributed by atoms with Gasteiger partial charge in [-0.3, -0.25) is 24.7 Å². The van der Waals surface area contributed by atoms with Crippen LogP contribution in [-0.2, 0) is 4.79 Å². The van der Waals surface area contributed by atoms with Crippen molar-refractivity contribution in [1.29, 1.82) is 0 Å². The number of carbonyl (C=O) groups excluding carboxylic acids is 2. The Bertz CT molecular complexity index is 1010. The minimum Gasteiger partial charge on any atom is -1.00 e. The topological polar surface area (TPSA) is 88.2 Å². The summed E-state index contributed by atoms with van der Waals surface area (Å²) in [6, 6.07) is 7.71. The lowest BCUT2D eigenvalue weighted by molar-refractivity contribution is -0.805. The largest absolute Gasteiger partial charge is 1.00 e. The minimum atomic E-state index is -0.430. The molecule has 4 fully saturated rings. The van der Waals surface area contributed by atoms with Crippen LogP contribution in [0.5, 0.6) is 0 Å². The highest BCUT2D eigenvalue weighted by molar-refractivity contribution is 5.89. The highest BCUT2D eigenvalue weighted by Gasteiger charge is 2.37. The molecule has 0 saturated heterocycles. The standard InChI is InChI=1S/C35H54N4O4.ClH/c40-34(38(31-17-9-3-10-18-31)32-19-11-4-12-20-32)27-36(35(41)28-21-23-33(24-22-28)39(42)43)25-26-37(29-13-5-1-6-14-29)30-15-7-2-8-16-30;/h21-24,29-32H,1-20,25-27H2;1H. The number of benzene rings is 1. The summed E-state index contributed by atoms with van der Waals surface area (Å²) < 4.78 is 0. The lowest BCUT2D eigenvalue weighted by Gasteiger charge is -2.43. The van der Waals surface area contributed by atoms with E-state index in [2.05, 4.69) is 9.80 Å². The molecule has 4 aliphatic carbocycles. The van der Waals surface area contributed by atoms with Gasteiger partial charge in [0.05, 0.1) is 17.0 Å². The molecule has 2 amide bonds. The smallest absolute Gasteiger partial charge is 0.344 e. The number of nitrogens with one attached hydrogen (secondary N) is 1. The second-order valence-corrected chi connectivity index (χ2v) is 13.9. The van der Waals surface area contributed by atoms with E-state index in [0.29, 0.717) is 41.2 Å². The summed E-state index contributed by atoms with van der Waals surface area (Å²) in [5.74, 6) is 0.0219. The fourth-order valence-electron chi connectivity index (χ4n) is 8.67. The van der Waals surface area contributed by atoms with Gasteiger partial charge in [0.15, 0.2) is 6.54 Å². The summed E-state index contributed by atoms with van der Waals surface area (Å²) in [6.45, 7) is 1.59. The molecule has 1 aromatic rings. The molecule has 9 heteroatoms. The van der Waals surface area contributed by atoms with Gasteiger partial charge in [0.1, 0.15) is 0 Å². The number of nitro benzene ring substituents is 1. The summed E-state index contributed by atoms with van der Waals surface area (Å²) in [5, 5.41) is 11.3. The van der Waals surface area contributed by atoms with E-state index in [4.69, 9.17) is 0 Å². The number of carbonyl (C=O) groups is 2. The molecule has 1 N–H and O–H groups in total. The zero-order valence-electron chi connectivity index (χ0n) is 26.7. The number of hydrogen-bond acceptors (Lipinski definition) is 5. The van der Waals surface area contributed by atoms with Crippen molar-refractivity contribution < 1.29 is 31.8 Å². The average Bonchev–Trinajstić information content (AvgIpc) is 3.06. The maximum atomic E-state index is 14.3. The highest BCUT2D eigenvalue weighted by atomic mass is 35.5. The van der Waals surface area contributed by atoms with Crippen LogP contribution in [0.2, 0.25) is 0 Å². The number of rotatable bonds is 11. The number of halogens is 1. The van der Waals surface area contributed by atoms with E-state index in [1.165, 1.54) is 115 Å². The fraction of sp³-hybridized carbons (Fsp3) is 0.771. The minimum absolute atomic E-state index is 0. The Balaban J connectivity index is 0.00000442. The van der Waals surface area contributed by atoms with Gasteiger partial charge in [-0.05, 0) is 63.5 Å². The molecule has 1 aromatic carbocycles. The summed E-state index contributed by atoms with van der Waals surface area (Å²) in [6.07, 6.45) is 24.2. The van der Waals surface area contributed by atoms with Crippen LogP contribution >= 0.6 is 0 Å². The molecule has 4 aliphatic rings. The molecule has 5 rings (SSSR count). The van der Waals surface area contributed by atoms with Crippen LogP contribution in [0.25, 0.3) is 0 Å². The number of non-ortho nitro benzene ring substituents is 1. The third-order valence-corrected chi connectivity index (χ3v) is 11.0. The Kier molecular flexibility index (Phi) is 13.9. The fourth-order valence-corrected chi connectivity index (χ4v) is 8.67. The molecule has 0 aromatic heterocycles. The third kappa shape index (κ3) is 9.26. The molecular weight excluding hydrogens is 576 g/mol. The van der Waals surface area contributed by atoms with E-state index in [1.807, 2.05) is 0 Å². The van der Waals surface area contributed by atoms with Crippen LogP contribution in [-0.4, -0.2) is 70.3 Å². The van der Waals surface area contributed by atoms with Gasteiger partial charge in [0.2, 0.25) is 0 Å². The predicted octanol–water partition coefficient (Wildman–Crippen LogP) is 3.09. The SMILES string of the molecule is O=C(C[NH+](CCN(C1CCCCC1)C1CCCCC1)C(=O)c1ccc([N+](=O)[O-])cc1)N(C1CCCCC1)C1CCCCC1.[Cl-]. The van der Waals surface area contributed by atoms with Crippen molar-refractivity contribution in [2.75, 3.05) is 19.6 Å². The molecule has 8 nitrogen and oxygen atoms in total. The number of quaternary nitrogens is 1. The summed E-state index contributed by atoms with van der Waals surface area (Å²) in [7, 11) is 0. The van der Waals surface area contributed by atoms with Crippen LogP contribution in [0.3, 0.4) is 0 Å². The third-order valence-electron chi connectivity index (χ3n) is 11.0. The zero-order chi connectivity index (χ0) is 30.0. The van der Waals surface area contributed by atoms with Crippen molar-refractivity contribution in [2.24, 2.45) is 0 Å². The number of nitro groups is 1. The van der Waals surface area contributed by atoms with E-state index < -0.39 is 4.92 Å². The maximum Gasteiger partial charge on any atom is 0.344 e. The first kappa shape index (κ1) is 34.8. The van der Waals surface area contributed by atoms with Crippen LogP contribution in [0.15, 0.2) is 24.3 Å². The van der Waals surface area contributed by atoms with Crippen LogP contribution < -0.4 is 17.3 Å². The molecule has 246 valence electrons. The number of hydrogen-bond donors (Lipinski definition) is 1. The van der Waals surface area contributed by atoms with Crippen LogP contribution in [0.1, 0.15) is 139 Å². The second-order valence-electron chi connectivity index (χ2n) is 13.9. The number of amides is 2. The first-order valence-corrected chi connectivity index (χ1v) is 17.7. The predicted molar refractivity (Wildman–Crippen MR) is 169 cm³/mol. The number of nitrogens with zero attached hydrogens (tertiary/aromatic N) is 3. The van der Waals surface area contributed by atoms with Gasteiger partial charge in [0.25, 0.3) is 11.6 Å². The molecule has 1 atom stereocenters. The highest BCUT2D eigenvalue weighted by Crippen LogP contribution is 2.31. The van der Waals surface area contributed by atoms with Crippen LogP contribution in [0.4, 0.5) is 5.69 Å². The second kappa shape index (κ2) is 17.6. The van der Waals surface area contributed by atoms with Gasteiger partial charge < -0.3 is 17.3 Å². The van der Waals surface area contributed by atoms with Crippen molar-refractivity contribution in [1.82, 2.24) is 9.80 Å². The van der Waals surface area contributed by atoms with Crippen molar-refractivity contribution in [3.8, 4) is 0 Å². The molecule has 0 heterocycles. The summed E-state index contributed by atoms with van der Waals surface area (Å²) in [4.78, 5) is 44.9. The first-order chi connectivity index (χ1) is 21.0. The molecule has 0 bridgehead atoms. The van der Waals surface area contributed by atoms with Crippen molar-refractivity contribution in [3.63, 3.8) is 0 Å². The van der Waals surface area contributed by atoms with E-state index in [1.54, 1.807) is 12.1 Å². The van der Waals surface area contributed by atoms with Gasteiger partial charge in [-0.15, -0.1) is 0 Å². The van der Waals surface area contributed by atoms with E-state index in [-0.39, 0.29) is 36.5 Å². The summed E-state index contributed by atoms with van der Waals surface area (Å²) in [5.41, 5.74) is 0.438. The van der Waals surface area contributed by atoms with Crippen molar-refractivity contribution >= 4 is 17.5 Å². The molecule has 4 saturated carbocycles. The van der Waals surface area contributed by atoms with Gasteiger partial charge in [-0.25, -0.2) is 4.79 Å². The lowest BCUT2D eigenvalue weighted by atomic mass is 9.88. The van der Waals surface area contributed by atoms with Gasteiger partial charge >= 0.3 is 5.91 Å². The average molecular weight is 631 g/mol. The van der Waals surface area contributed by atoms with E-state index in [9.17, 15) is 19.7 Å². The summed E-state index contributed by atoms with van der Waals surface area (Å²) >= 11 is 0. The zero-order valence-corrected chi connectivity index (χ0v) is 27.5. The Morgan fingerprint density at radius 2 is 1.09 bits per heavy atom. The van der Waals surface area contributed by atoms with E-state index in [0.717, 1.165) is 32.2 Å². The molecule has 0 radical (unpaired) electrons. The lowest BCUT2D eigenvalue weighted by Crippen LogP contribution is -3.16. The monoisotopic (exact) mass is 630 g/mol. The molecule has 44 heavy (non-hydrogen) atoms. The Morgan fingerprint density at radius 1 is 0.682 bits per heavy atom.